The van der Waals surface area contributed by atoms with Gasteiger partial charge in [0, 0.05) is 4.90 Å². The quantitative estimate of drug-likeness (QED) is 0.601. The van der Waals surface area contributed by atoms with Crippen LogP contribution in [0, 0.1) is 6.92 Å². The van der Waals surface area contributed by atoms with Crippen molar-refractivity contribution in [3.63, 3.8) is 0 Å². The van der Waals surface area contributed by atoms with E-state index in [1.807, 2.05) is 31.2 Å². The highest BCUT2D eigenvalue weighted by Gasteiger charge is 2.27. The minimum atomic E-state index is -1.05. The van der Waals surface area contributed by atoms with E-state index in [4.69, 9.17) is 0 Å². The minimum absolute atomic E-state index is 0.267. The summed E-state index contributed by atoms with van der Waals surface area (Å²) in [5.41, 5.74) is 1.13. The maximum atomic E-state index is 12.2. The number of thioether (sulfide) groups is 1. The van der Waals surface area contributed by atoms with Crippen molar-refractivity contribution in [2.24, 2.45) is 0 Å². The predicted octanol–water partition coefficient (Wildman–Crippen LogP) is 1.70. The molecule has 7 heteroatoms. The molecule has 1 rings (SSSR count). The summed E-state index contributed by atoms with van der Waals surface area (Å²) in [6.45, 7) is 3.71. The number of nitrogens with one attached hydrogen (secondary N) is 1. The molecule has 0 aromatic heterocycles. The SMILES string of the molecule is COC(=O)C[C@H](NC(=O)[C@@H](C)Sc1ccc(C)cc1)C(=O)OC. The van der Waals surface area contributed by atoms with E-state index in [1.165, 1.54) is 26.0 Å². The molecule has 2 atom stereocenters. The molecule has 23 heavy (non-hydrogen) atoms. The van der Waals surface area contributed by atoms with E-state index in [0.29, 0.717) is 0 Å². The van der Waals surface area contributed by atoms with Gasteiger partial charge in [0.1, 0.15) is 6.04 Å². The summed E-state index contributed by atoms with van der Waals surface area (Å²) in [6, 6.07) is 6.72. The lowest BCUT2D eigenvalue weighted by Crippen LogP contribution is -2.45. The van der Waals surface area contributed by atoms with Gasteiger partial charge in [0.15, 0.2) is 0 Å². The Morgan fingerprint density at radius 2 is 1.74 bits per heavy atom. The molecule has 0 unspecified atom stereocenters. The molecule has 1 aromatic rings. The third-order valence-corrected chi connectivity index (χ3v) is 4.22. The first-order valence-electron chi connectivity index (χ1n) is 7.05. The molecule has 0 saturated carbocycles. The number of hydrogen-bond donors (Lipinski definition) is 1. The van der Waals surface area contributed by atoms with Crippen LogP contribution in [0.2, 0.25) is 0 Å². The molecule has 1 N–H and O–H groups in total. The van der Waals surface area contributed by atoms with Gasteiger partial charge in [-0.15, -0.1) is 11.8 Å². The summed E-state index contributed by atoms with van der Waals surface area (Å²) in [5, 5.41) is 2.10. The Kier molecular flexibility index (Phi) is 7.61. The predicted molar refractivity (Wildman–Crippen MR) is 87.1 cm³/mol. The van der Waals surface area contributed by atoms with Gasteiger partial charge in [0.05, 0.1) is 25.9 Å². The number of esters is 2. The smallest absolute Gasteiger partial charge is 0.328 e. The number of carbonyl (C=O) groups excluding carboxylic acids is 3. The van der Waals surface area contributed by atoms with Crippen molar-refractivity contribution in [3.8, 4) is 0 Å². The van der Waals surface area contributed by atoms with Crippen LogP contribution in [0.1, 0.15) is 18.9 Å². The van der Waals surface area contributed by atoms with Gasteiger partial charge in [-0.1, -0.05) is 17.7 Å². The normalized spacial score (nSPS) is 12.9. The Hall–Kier alpha value is -2.02. The van der Waals surface area contributed by atoms with Crippen LogP contribution in [0.5, 0.6) is 0 Å². The number of aryl methyl sites for hydroxylation is 1. The molecule has 0 aliphatic carbocycles. The molecular formula is C16H21NO5S. The van der Waals surface area contributed by atoms with Crippen molar-refractivity contribution >= 4 is 29.6 Å². The Morgan fingerprint density at radius 3 is 2.26 bits per heavy atom. The Labute approximate surface area is 139 Å². The molecule has 0 spiro atoms. The zero-order valence-corrected chi connectivity index (χ0v) is 14.4. The molecule has 0 bridgehead atoms. The summed E-state index contributed by atoms with van der Waals surface area (Å²) in [7, 11) is 2.41. The van der Waals surface area contributed by atoms with Crippen molar-refractivity contribution in [1.82, 2.24) is 5.32 Å². The lowest BCUT2D eigenvalue weighted by atomic mass is 10.2. The van der Waals surface area contributed by atoms with E-state index in [-0.39, 0.29) is 12.3 Å². The summed E-state index contributed by atoms with van der Waals surface area (Å²) in [6.07, 6.45) is -0.267. The molecule has 0 fully saturated rings. The second kappa shape index (κ2) is 9.19. The zero-order valence-electron chi connectivity index (χ0n) is 13.6. The van der Waals surface area contributed by atoms with Crippen LogP contribution in [0.15, 0.2) is 29.2 Å². The molecule has 0 aliphatic heterocycles. The van der Waals surface area contributed by atoms with Crippen LogP contribution < -0.4 is 5.32 Å². The molecular weight excluding hydrogens is 318 g/mol. The van der Waals surface area contributed by atoms with Crippen molar-refractivity contribution in [3.05, 3.63) is 29.8 Å². The first-order valence-corrected chi connectivity index (χ1v) is 7.93. The summed E-state index contributed by atoms with van der Waals surface area (Å²) >= 11 is 1.37. The van der Waals surface area contributed by atoms with E-state index < -0.39 is 23.2 Å². The zero-order chi connectivity index (χ0) is 17.4. The fraction of sp³-hybridized carbons (Fsp3) is 0.438. The van der Waals surface area contributed by atoms with Crippen LogP contribution in [-0.2, 0) is 23.9 Å². The van der Waals surface area contributed by atoms with Gasteiger partial charge in [0.2, 0.25) is 5.91 Å². The highest BCUT2D eigenvalue weighted by atomic mass is 32.2. The summed E-state index contributed by atoms with van der Waals surface area (Å²) < 4.78 is 9.12. The highest BCUT2D eigenvalue weighted by Crippen LogP contribution is 2.23. The van der Waals surface area contributed by atoms with Crippen LogP contribution in [0.25, 0.3) is 0 Å². The average molecular weight is 339 g/mol. The standard InChI is InChI=1S/C16H21NO5S/c1-10-5-7-12(8-6-10)23-11(2)15(19)17-13(16(20)22-4)9-14(18)21-3/h5-8,11,13H,9H2,1-4H3,(H,17,19)/t11-,13+/m1/s1. The van der Waals surface area contributed by atoms with Gasteiger partial charge in [0.25, 0.3) is 0 Å². The van der Waals surface area contributed by atoms with Crippen molar-refractivity contribution < 1.29 is 23.9 Å². The third kappa shape index (κ3) is 6.32. The van der Waals surface area contributed by atoms with Gasteiger partial charge >= 0.3 is 11.9 Å². The number of hydrogen-bond acceptors (Lipinski definition) is 6. The molecule has 0 saturated heterocycles. The first-order chi connectivity index (χ1) is 10.9. The molecule has 126 valence electrons. The molecule has 0 radical (unpaired) electrons. The van der Waals surface area contributed by atoms with Gasteiger partial charge in [-0.05, 0) is 26.0 Å². The molecule has 1 amide bonds. The number of benzene rings is 1. The van der Waals surface area contributed by atoms with E-state index in [1.54, 1.807) is 6.92 Å². The van der Waals surface area contributed by atoms with E-state index in [0.717, 1.165) is 10.5 Å². The van der Waals surface area contributed by atoms with Crippen molar-refractivity contribution in [2.45, 2.75) is 36.5 Å². The molecule has 0 heterocycles. The topological polar surface area (TPSA) is 81.7 Å². The van der Waals surface area contributed by atoms with Crippen LogP contribution in [-0.4, -0.2) is 43.4 Å². The highest BCUT2D eigenvalue weighted by molar-refractivity contribution is 8.00. The Balaban J connectivity index is 2.67. The minimum Gasteiger partial charge on any atom is -0.469 e. The molecule has 1 aromatic carbocycles. The fourth-order valence-electron chi connectivity index (χ4n) is 1.75. The van der Waals surface area contributed by atoms with Gasteiger partial charge in [-0.2, -0.15) is 0 Å². The maximum absolute atomic E-state index is 12.2. The van der Waals surface area contributed by atoms with Crippen LogP contribution >= 0.6 is 11.8 Å². The summed E-state index contributed by atoms with van der Waals surface area (Å²) in [5.74, 6) is -1.63. The molecule has 0 aliphatic rings. The van der Waals surface area contributed by atoms with Gasteiger partial charge < -0.3 is 14.8 Å². The second-order valence-corrected chi connectivity index (χ2v) is 6.35. The van der Waals surface area contributed by atoms with Gasteiger partial charge in [-0.25, -0.2) is 4.79 Å². The van der Waals surface area contributed by atoms with E-state index in [2.05, 4.69) is 14.8 Å². The third-order valence-electron chi connectivity index (χ3n) is 3.10. The molecule has 6 nitrogen and oxygen atoms in total. The number of ether oxygens (including phenoxy) is 2. The Morgan fingerprint density at radius 1 is 1.13 bits per heavy atom. The van der Waals surface area contributed by atoms with Crippen molar-refractivity contribution in [1.29, 1.82) is 0 Å². The van der Waals surface area contributed by atoms with E-state index >= 15 is 0 Å². The van der Waals surface area contributed by atoms with Crippen LogP contribution in [0.4, 0.5) is 0 Å². The first kappa shape index (κ1) is 19.0. The number of amides is 1. The summed E-state index contributed by atoms with van der Waals surface area (Å²) in [4.78, 5) is 36.2. The largest absolute Gasteiger partial charge is 0.469 e. The fourth-order valence-corrected chi connectivity index (χ4v) is 2.63. The average Bonchev–Trinajstić information content (AvgIpc) is 2.55. The van der Waals surface area contributed by atoms with Crippen molar-refractivity contribution in [2.75, 3.05) is 14.2 Å². The van der Waals surface area contributed by atoms with Gasteiger partial charge in [-0.3, -0.25) is 9.59 Å². The Bertz CT molecular complexity index is 558. The maximum Gasteiger partial charge on any atom is 0.328 e. The number of methoxy groups -OCH3 is 2. The number of rotatable bonds is 7. The van der Waals surface area contributed by atoms with Crippen LogP contribution in [0.3, 0.4) is 0 Å². The number of carbonyl (C=O) groups is 3. The lowest BCUT2D eigenvalue weighted by Gasteiger charge is -2.18. The second-order valence-electron chi connectivity index (χ2n) is 4.94. The van der Waals surface area contributed by atoms with E-state index in [9.17, 15) is 14.4 Å². The lowest BCUT2D eigenvalue weighted by molar-refractivity contribution is -0.150. The monoisotopic (exact) mass is 339 g/mol.